The van der Waals surface area contributed by atoms with E-state index in [0.717, 1.165) is 64.2 Å². The molecule has 0 fully saturated rings. The minimum atomic E-state index is -0.854. The first-order valence-corrected chi connectivity index (χ1v) is 33.3. The number of esters is 1. The topological polar surface area (TPSA) is 95.9 Å². The molecule has 0 aromatic carbocycles. The largest absolute Gasteiger partial charge is 0.466 e. The Morgan fingerprint density at radius 2 is 0.676 bits per heavy atom. The third kappa shape index (κ3) is 59.3. The average molecular weight is 1040 g/mol. The fraction of sp³-hybridized carbons (Fsp3) is 0.882. The van der Waals surface area contributed by atoms with Crippen LogP contribution >= 0.6 is 0 Å². The quantitative estimate of drug-likeness (QED) is 0.0320. The first kappa shape index (κ1) is 72.1. The lowest BCUT2D eigenvalue weighted by Crippen LogP contribution is -2.45. The number of hydrogen-bond acceptors (Lipinski definition) is 5. The van der Waals surface area contributed by atoms with Gasteiger partial charge in [-0.05, 0) is 64.2 Å². The molecule has 6 nitrogen and oxygen atoms in total. The summed E-state index contributed by atoms with van der Waals surface area (Å²) >= 11 is 0. The summed E-state index contributed by atoms with van der Waals surface area (Å²) in [6.07, 6.45) is 80.5. The van der Waals surface area contributed by atoms with E-state index in [9.17, 15) is 19.8 Å². The van der Waals surface area contributed by atoms with Crippen LogP contribution in [0.5, 0.6) is 0 Å². The van der Waals surface area contributed by atoms with E-state index < -0.39 is 12.1 Å². The van der Waals surface area contributed by atoms with E-state index in [-0.39, 0.29) is 18.5 Å². The van der Waals surface area contributed by atoms with Crippen LogP contribution in [0.2, 0.25) is 0 Å². The number of ether oxygens (including phenoxy) is 1. The van der Waals surface area contributed by atoms with Crippen LogP contribution in [0.1, 0.15) is 361 Å². The van der Waals surface area contributed by atoms with Gasteiger partial charge in [-0.3, -0.25) is 9.59 Å². The first-order valence-electron chi connectivity index (χ1n) is 33.3. The van der Waals surface area contributed by atoms with Gasteiger partial charge >= 0.3 is 5.97 Å². The van der Waals surface area contributed by atoms with E-state index in [1.807, 2.05) is 6.08 Å². The molecule has 0 heterocycles. The molecule has 0 rings (SSSR count). The van der Waals surface area contributed by atoms with Crippen molar-refractivity contribution in [1.29, 1.82) is 0 Å². The smallest absolute Gasteiger partial charge is 0.305 e. The highest BCUT2D eigenvalue weighted by atomic mass is 16.5. The van der Waals surface area contributed by atoms with Gasteiger partial charge in [0.1, 0.15) is 0 Å². The van der Waals surface area contributed by atoms with Crippen molar-refractivity contribution in [2.75, 3.05) is 13.2 Å². The van der Waals surface area contributed by atoms with Gasteiger partial charge in [0.15, 0.2) is 0 Å². The Morgan fingerprint density at radius 3 is 1.04 bits per heavy atom. The molecule has 0 bridgehead atoms. The number of carbonyl (C=O) groups is 2. The van der Waals surface area contributed by atoms with Crippen LogP contribution < -0.4 is 5.32 Å². The predicted octanol–water partition coefficient (Wildman–Crippen LogP) is 21.1. The number of amides is 1. The highest BCUT2D eigenvalue weighted by Gasteiger charge is 2.18. The van der Waals surface area contributed by atoms with Crippen molar-refractivity contribution in [2.24, 2.45) is 0 Å². The molecule has 0 spiro atoms. The van der Waals surface area contributed by atoms with Gasteiger partial charge in [0.2, 0.25) is 5.91 Å². The summed E-state index contributed by atoms with van der Waals surface area (Å²) in [5.41, 5.74) is 0. The lowest BCUT2D eigenvalue weighted by molar-refractivity contribution is -0.143. The highest BCUT2D eigenvalue weighted by Crippen LogP contribution is 2.18. The Hall–Kier alpha value is -1.92. The lowest BCUT2D eigenvalue weighted by Gasteiger charge is -2.20. The second-order valence-electron chi connectivity index (χ2n) is 22.8. The van der Waals surface area contributed by atoms with E-state index in [1.54, 1.807) is 6.08 Å². The number of carbonyl (C=O) groups excluding carboxylic acids is 2. The lowest BCUT2D eigenvalue weighted by atomic mass is 10.0. The number of allylic oxidation sites excluding steroid dienone is 5. The number of hydrogen-bond donors (Lipinski definition) is 3. The molecule has 0 aliphatic carbocycles. The van der Waals surface area contributed by atoms with Crippen LogP contribution in [0.25, 0.3) is 0 Å². The number of nitrogens with one attached hydrogen (secondary N) is 1. The van der Waals surface area contributed by atoms with E-state index in [4.69, 9.17) is 4.74 Å². The minimum Gasteiger partial charge on any atom is -0.466 e. The predicted molar refractivity (Wildman–Crippen MR) is 324 cm³/mol. The number of unbranched alkanes of at least 4 members (excludes halogenated alkanes) is 47. The maximum absolute atomic E-state index is 12.5. The second-order valence-corrected chi connectivity index (χ2v) is 22.8. The van der Waals surface area contributed by atoms with Gasteiger partial charge in [-0.15, -0.1) is 0 Å². The van der Waals surface area contributed by atoms with Gasteiger partial charge in [-0.25, -0.2) is 0 Å². The fourth-order valence-corrected chi connectivity index (χ4v) is 10.3. The highest BCUT2D eigenvalue weighted by molar-refractivity contribution is 5.76. The Bertz CT molecular complexity index is 1200. The summed E-state index contributed by atoms with van der Waals surface area (Å²) in [5.74, 6) is -0.0853. The van der Waals surface area contributed by atoms with Gasteiger partial charge in [-0.2, -0.15) is 0 Å². The molecule has 1 amide bonds. The molecule has 6 heteroatoms. The van der Waals surface area contributed by atoms with Crippen LogP contribution in [-0.2, 0) is 14.3 Å². The van der Waals surface area contributed by atoms with E-state index in [2.05, 4.69) is 43.5 Å². The molecule has 74 heavy (non-hydrogen) atoms. The summed E-state index contributed by atoms with van der Waals surface area (Å²) in [4.78, 5) is 24.6. The van der Waals surface area contributed by atoms with Crippen molar-refractivity contribution in [1.82, 2.24) is 5.32 Å². The van der Waals surface area contributed by atoms with E-state index in [0.29, 0.717) is 19.4 Å². The SMILES string of the molecule is CCCCCC/C=C\C/C=C\CCCCCCCCCC(=O)OCCCCCCCCCCCCCCCCC(=O)NC(CO)C(O)/C=C/CCCCCCCCCCCCCCCCCCCCCCCCC. The zero-order valence-electron chi connectivity index (χ0n) is 49.8. The van der Waals surface area contributed by atoms with Gasteiger partial charge in [0.25, 0.3) is 0 Å². The van der Waals surface area contributed by atoms with E-state index in [1.165, 1.54) is 270 Å². The summed E-state index contributed by atoms with van der Waals surface area (Å²) in [5, 5.41) is 23.2. The molecule has 2 unspecified atom stereocenters. The maximum Gasteiger partial charge on any atom is 0.305 e. The molecular weight excluding hydrogens is 911 g/mol. The fourth-order valence-electron chi connectivity index (χ4n) is 10.3. The van der Waals surface area contributed by atoms with Crippen molar-refractivity contribution in [3.05, 3.63) is 36.5 Å². The Morgan fingerprint density at radius 1 is 0.378 bits per heavy atom. The van der Waals surface area contributed by atoms with Gasteiger partial charge < -0.3 is 20.3 Å². The average Bonchev–Trinajstić information content (AvgIpc) is 3.40. The van der Waals surface area contributed by atoms with Crippen molar-refractivity contribution >= 4 is 11.9 Å². The first-order chi connectivity index (χ1) is 36.5. The molecule has 0 radical (unpaired) electrons. The molecule has 0 saturated heterocycles. The molecule has 0 aromatic rings. The normalized spacial score (nSPS) is 12.8. The van der Waals surface area contributed by atoms with Crippen LogP contribution in [0, 0.1) is 0 Å². The summed E-state index contributed by atoms with van der Waals surface area (Å²) in [7, 11) is 0. The third-order valence-corrected chi connectivity index (χ3v) is 15.4. The van der Waals surface area contributed by atoms with Crippen LogP contribution in [-0.4, -0.2) is 47.4 Å². The Balaban J connectivity index is 3.46. The van der Waals surface area contributed by atoms with Crippen molar-refractivity contribution < 1.29 is 24.5 Å². The molecule has 0 aliphatic rings. The Kier molecular flexibility index (Phi) is 62.0. The molecular formula is C68H129NO5. The number of aliphatic hydroxyl groups excluding tert-OH is 2. The summed E-state index contributed by atoms with van der Waals surface area (Å²) in [6, 6.07) is -0.638. The number of aliphatic hydroxyl groups is 2. The summed E-state index contributed by atoms with van der Waals surface area (Å²) in [6.45, 7) is 4.89. The molecule has 436 valence electrons. The van der Waals surface area contributed by atoms with Crippen molar-refractivity contribution in [3.63, 3.8) is 0 Å². The molecule has 3 N–H and O–H groups in total. The standard InChI is InChI=1S/C68H129NO5/c1-3-5-7-9-11-13-15-17-19-21-23-24-25-26-27-28-29-30-32-36-40-44-48-52-56-60-66(71)65(64-70)69-67(72)61-57-53-49-45-41-37-34-35-39-43-47-51-55-59-63-74-68(73)62-58-54-50-46-42-38-33-31-22-20-18-16-14-12-10-8-6-4-2/h14,16,20,22,56,60,65-66,70-71H,3-13,15,17-19,21,23-55,57-59,61-64H2,1-2H3,(H,69,72)/b16-14-,22-20-,60-56+. The number of rotatable bonds is 62. The monoisotopic (exact) mass is 1040 g/mol. The molecule has 0 aromatic heterocycles. The molecule has 0 aliphatic heterocycles. The van der Waals surface area contributed by atoms with Crippen molar-refractivity contribution in [3.8, 4) is 0 Å². The zero-order chi connectivity index (χ0) is 53.6. The third-order valence-electron chi connectivity index (χ3n) is 15.4. The molecule has 2 atom stereocenters. The van der Waals surface area contributed by atoms with Crippen LogP contribution in [0.3, 0.4) is 0 Å². The summed E-state index contributed by atoms with van der Waals surface area (Å²) < 4.78 is 5.49. The molecule has 0 saturated carbocycles. The minimum absolute atomic E-state index is 0.00995. The van der Waals surface area contributed by atoms with Gasteiger partial charge in [0.05, 0.1) is 25.4 Å². The van der Waals surface area contributed by atoms with Gasteiger partial charge in [-0.1, -0.05) is 320 Å². The van der Waals surface area contributed by atoms with Crippen LogP contribution in [0.4, 0.5) is 0 Å². The van der Waals surface area contributed by atoms with Crippen molar-refractivity contribution in [2.45, 2.75) is 373 Å². The second kappa shape index (κ2) is 63.6. The Labute approximate surface area is 462 Å². The zero-order valence-corrected chi connectivity index (χ0v) is 49.8. The van der Waals surface area contributed by atoms with E-state index >= 15 is 0 Å². The van der Waals surface area contributed by atoms with Gasteiger partial charge in [0, 0.05) is 12.8 Å². The maximum atomic E-state index is 12.5. The van der Waals surface area contributed by atoms with Crippen LogP contribution in [0.15, 0.2) is 36.5 Å².